The Kier molecular flexibility index (Phi) is 4.90. The van der Waals surface area contributed by atoms with Gasteiger partial charge in [0, 0.05) is 18.5 Å². The van der Waals surface area contributed by atoms with E-state index in [0.29, 0.717) is 0 Å². The lowest BCUT2D eigenvalue weighted by Crippen LogP contribution is -2.13. The van der Waals surface area contributed by atoms with Crippen molar-refractivity contribution >= 4 is 11.3 Å². The first kappa shape index (κ1) is 13.5. The van der Waals surface area contributed by atoms with Gasteiger partial charge in [-0.25, -0.2) is 4.98 Å². The van der Waals surface area contributed by atoms with Crippen LogP contribution in [0.2, 0.25) is 0 Å². The van der Waals surface area contributed by atoms with E-state index in [0.717, 1.165) is 35.1 Å². The third-order valence-electron chi connectivity index (χ3n) is 2.50. The molecule has 4 nitrogen and oxygen atoms in total. The van der Waals surface area contributed by atoms with Gasteiger partial charge in [0.25, 0.3) is 0 Å². The molecule has 98 valence electrons. The van der Waals surface area contributed by atoms with Crippen LogP contribution >= 0.6 is 11.3 Å². The van der Waals surface area contributed by atoms with Gasteiger partial charge in [-0.2, -0.15) is 5.26 Å². The minimum absolute atomic E-state index is 0.0784. The van der Waals surface area contributed by atoms with Crippen molar-refractivity contribution in [3.8, 4) is 11.8 Å². The van der Waals surface area contributed by atoms with Gasteiger partial charge in [-0.15, -0.1) is 11.3 Å². The van der Waals surface area contributed by atoms with E-state index < -0.39 is 0 Å². The zero-order valence-electron chi connectivity index (χ0n) is 10.7. The maximum Gasteiger partial charge on any atom is 0.174 e. The molecule has 0 saturated heterocycles. The second kappa shape index (κ2) is 6.88. The van der Waals surface area contributed by atoms with Gasteiger partial charge < -0.3 is 10.1 Å². The molecule has 0 radical (unpaired) electrons. The molecule has 1 aromatic carbocycles. The van der Waals surface area contributed by atoms with Gasteiger partial charge in [-0.05, 0) is 24.6 Å². The largest absolute Gasteiger partial charge is 0.479 e. The van der Waals surface area contributed by atoms with Gasteiger partial charge in [0.05, 0.1) is 10.7 Å². The van der Waals surface area contributed by atoms with E-state index in [-0.39, 0.29) is 6.61 Å². The van der Waals surface area contributed by atoms with Crippen molar-refractivity contribution < 1.29 is 4.74 Å². The number of nitrogens with one attached hydrogen (secondary N) is 1. The maximum atomic E-state index is 8.47. The van der Waals surface area contributed by atoms with Crippen LogP contribution in [0, 0.1) is 18.3 Å². The van der Waals surface area contributed by atoms with Crippen molar-refractivity contribution in [3.63, 3.8) is 0 Å². The summed E-state index contributed by atoms with van der Waals surface area (Å²) < 4.78 is 5.26. The van der Waals surface area contributed by atoms with Crippen LogP contribution < -0.4 is 10.1 Å². The van der Waals surface area contributed by atoms with Crippen LogP contribution in [0.5, 0.6) is 5.75 Å². The third-order valence-corrected chi connectivity index (χ3v) is 3.33. The van der Waals surface area contributed by atoms with Crippen molar-refractivity contribution in [2.75, 3.05) is 6.61 Å². The highest BCUT2D eigenvalue weighted by molar-refractivity contribution is 7.09. The second-order valence-corrected chi connectivity index (χ2v) is 5.12. The van der Waals surface area contributed by atoms with Crippen LogP contribution in [0.25, 0.3) is 0 Å². The van der Waals surface area contributed by atoms with Crippen LogP contribution in [-0.2, 0) is 13.1 Å². The lowest BCUT2D eigenvalue weighted by molar-refractivity contribution is 0.367. The van der Waals surface area contributed by atoms with Crippen molar-refractivity contribution in [1.29, 1.82) is 5.26 Å². The number of aryl methyl sites for hydroxylation is 1. The molecule has 0 atom stereocenters. The SMILES string of the molecule is Cc1nc(CNCc2cccc(OCC#N)c2)cs1. The normalized spacial score (nSPS) is 10.1. The molecule has 2 aromatic rings. The Hall–Kier alpha value is -1.90. The van der Waals surface area contributed by atoms with Crippen LogP contribution in [-0.4, -0.2) is 11.6 Å². The van der Waals surface area contributed by atoms with E-state index >= 15 is 0 Å². The van der Waals surface area contributed by atoms with E-state index in [9.17, 15) is 0 Å². The van der Waals surface area contributed by atoms with Gasteiger partial charge in [0.2, 0.25) is 0 Å². The molecule has 0 bridgehead atoms. The highest BCUT2D eigenvalue weighted by Crippen LogP contribution is 2.13. The number of rotatable bonds is 6. The third kappa shape index (κ3) is 4.36. The smallest absolute Gasteiger partial charge is 0.174 e. The van der Waals surface area contributed by atoms with E-state index in [1.807, 2.05) is 37.3 Å². The van der Waals surface area contributed by atoms with Gasteiger partial charge in [-0.3, -0.25) is 0 Å². The van der Waals surface area contributed by atoms with E-state index in [4.69, 9.17) is 10.00 Å². The summed E-state index contributed by atoms with van der Waals surface area (Å²) in [7, 11) is 0. The Morgan fingerprint density at radius 1 is 1.42 bits per heavy atom. The minimum Gasteiger partial charge on any atom is -0.479 e. The fourth-order valence-corrected chi connectivity index (χ4v) is 2.30. The Morgan fingerprint density at radius 2 is 2.32 bits per heavy atom. The summed E-state index contributed by atoms with van der Waals surface area (Å²) in [5.74, 6) is 0.727. The lowest BCUT2D eigenvalue weighted by atomic mass is 10.2. The molecule has 0 aliphatic carbocycles. The molecule has 1 heterocycles. The fraction of sp³-hybridized carbons (Fsp3) is 0.286. The summed E-state index contributed by atoms with van der Waals surface area (Å²) >= 11 is 1.66. The van der Waals surface area contributed by atoms with Crippen molar-refractivity contribution in [2.45, 2.75) is 20.0 Å². The average Bonchev–Trinajstić information content (AvgIpc) is 2.83. The lowest BCUT2D eigenvalue weighted by Gasteiger charge is -2.06. The summed E-state index contributed by atoms with van der Waals surface area (Å²) in [6, 6.07) is 9.70. The Balaban J connectivity index is 1.84. The fourth-order valence-electron chi connectivity index (χ4n) is 1.69. The number of thiazole rings is 1. The van der Waals surface area contributed by atoms with Gasteiger partial charge in [0.1, 0.15) is 11.8 Å². The molecule has 0 spiro atoms. The molecule has 0 fully saturated rings. The zero-order valence-corrected chi connectivity index (χ0v) is 11.5. The first-order chi connectivity index (χ1) is 9.28. The number of aromatic nitrogens is 1. The average molecular weight is 273 g/mol. The predicted molar refractivity (Wildman–Crippen MR) is 74.9 cm³/mol. The van der Waals surface area contributed by atoms with Gasteiger partial charge in [-0.1, -0.05) is 12.1 Å². The monoisotopic (exact) mass is 273 g/mol. The molecule has 1 N–H and O–H groups in total. The molecule has 0 amide bonds. The Morgan fingerprint density at radius 3 is 3.05 bits per heavy atom. The van der Waals surface area contributed by atoms with Gasteiger partial charge in [0.15, 0.2) is 6.61 Å². The van der Waals surface area contributed by atoms with Crippen LogP contribution in [0.15, 0.2) is 29.6 Å². The van der Waals surface area contributed by atoms with Crippen LogP contribution in [0.4, 0.5) is 0 Å². The highest BCUT2D eigenvalue weighted by Gasteiger charge is 1.99. The summed E-state index contributed by atoms with van der Waals surface area (Å²) in [5.41, 5.74) is 2.20. The highest BCUT2D eigenvalue weighted by atomic mass is 32.1. The predicted octanol–water partition coefficient (Wildman–Crippen LogP) is 2.64. The number of nitrogens with zero attached hydrogens (tertiary/aromatic N) is 2. The molecule has 0 saturated carbocycles. The molecule has 0 aliphatic rings. The van der Waals surface area contributed by atoms with E-state index in [1.165, 1.54) is 0 Å². The van der Waals surface area contributed by atoms with Crippen molar-refractivity contribution in [1.82, 2.24) is 10.3 Å². The quantitative estimate of drug-likeness (QED) is 0.879. The number of hydrogen-bond acceptors (Lipinski definition) is 5. The topological polar surface area (TPSA) is 57.9 Å². The molecule has 0 unspecified atom stereocenters. The number of ether oxygens (including phenoxy) is 1. The number of benzene rings is 1. The number of hydrogen-bond donors (Lipinski definition) is 1. The van der Waals surface area contributed by atoms with Gasteiger partial charge >= 0.3 is 0 Å². The van der Waals surface area contributed by atoms with Crippen LogP contribution in [0.1, 0.15) is 16.3 Å². The van der Waals surface area contributed by atoms with Crippen LogP contribution in [0.3, 0.4) is 0 Å². The minimum atomic E-state index is 0.0784. The molecule has 0 aliphatic heterocycles. The molecule has 1 aromatic heterocycles. The molecular weight excluding hydrogens is 258 g/mol. The zero-order chi connectivity index (χ0) is 13.5. The summed E-state index contributed by atoms with van der Waals surface area (Å²) in [6.07, 6.45) is 0. The Bertz CT molecular complexity index is 574. The van der Waals surface area contributed by atoms with E-state index in [2.05, 4.69) is 15.7 Å². The summed E-state index contributed by atoms with van der Waals surface area (Å²) in [4.78, 5) is 4.40. The second-order valence-electron chi connectivity index (χ2n) is 4.06. The summed E-state index contributed by atoms with van der Waals surface area (Å²) in [6.45, 7) is 3.59. The van der Waals surface area contributed by atoms with Crippen molar-refractivity contribution in [3.05, 3.63) is 45.9 Å². The molecule has 19 heavy (non-hydrogen) atoms. The number of nitriles is 1. The van der Waals surface area contributed by atoms with Crippen molar-refractivity contribution in [2.24, 2.45) is 0 Å². The standard InChI is InChI=1S/C14H15N3OS/c1-11-17-13(10-19-11)9-16-8-12-3-2-4-14(7-12)18-6-5-15/h2-4,7,10,16H,6,8-9H2,1H3. The van der Waals surface area contributed by atoms with E-state index in [1.54, 1.807) is 11.3 Å². The summed E-state index contributed by atoms with van der Waals surface area (Å²) in [5, 5.41) is 15.0. The maximum absolute atomic E-state index is 8.47. The molecule has 2 rings (SSSR count). The molecule has 5 heteroatoms. The Labute approximate surface area is 116 Å². The first-order valence-electron chi connectivity index (χ1n) is 5.98. The first-order valence-corrected chi connectivity index (χ1v) is 6.86. The molecular formula is C14H15N3OS.